The first-order chi connectivity index (χ1) is 12.5. The van der Waals surface area contributed by atoms with E-state index in [-0.39, 0.29) is 0 Å². The van der Waals surface area contributed by atoms with Crippen LogP contribution < -0.4 is 10.6 Å². The van der Waals surface area contributed by atoms with Crippen molar-refractivity contribution >= 4 is 17.7 Å². The van der Waals surface area contributed by atoms with E-state index in [0.717, 1.165) is 42.4 Å². The molecule has 26 heavy (non-hydrogen) atoms. The van der Waals surface area contributed by atoms with Crippen LogP contribution in [0.4, 0.5) is 0 Å². The van der Waals surface area contributed by atoms with Crippen LogP contribution in [0, 0.1) is 18.8 Å². The van der Waals surface area contributed by atoms with Gasteiger partial charge in [-0.1, -0.05) is 13.8 Å². The van der Waals surface area contributed by atoms with Crippen molar-refractivity contribution in [1.82, 2.24) is 25.4 Å². The highest BCUT2D eigenvalue weighted by Gasteiger charge is 2.23. The molecule has 0 unspecified atom stereocenters. The predicted molar refractivity (Wildman–Crippen MR) is 112 cm³/mol. The summed E-state index contributed by atoms with van der Waals surface area (Å²) in [6, 6.07) is 0.526. The Morgan fingerprint density at radius 1 is 1.27 bits per heavy atom. The van der Waals surface area contributed by atoms with Crippen molar-refractivity contribution in [2.24, 2.45) is 23.9 Å². The fourth-order valence-corrected chi connectivity index (χ4v) is 3.87. The Morgan fingerprint density at radius 2 is 2.00 bits per heavy atom. The van der Waals surface area contributed by atoms with E-state index >= 15 is 0 Å². The predicted octanol–water partition coefficient (Wildman–Crippen LogP) is 3.13. The van der Waals surface area contributed by atoms with Gasteiger partial charge >= 0.3 is 0 Å². The molecule has 1 aliphatic carbocycles. The standard InChI is InChI=1S/C19H36N6S/c1-14(2)16-7-9-17(10-8-16)22-19(20-11-6-12-26-5)21-13-18-24-23-15(3)25(18)4/h14,16-17H,6-13H2,1-5H3,(H2,20,21,22). The molecule has 1 aromatic heterocycles. The number of nitrogens with one attached hydrogen (secondary N) is 2. The summed E-state index contributed by atoms with van der Waals surface area (Å²) in [4.78, 5) is 4.78. The molecule has 0 aromatic carbocycles. The van der Waals surface area contributed by atoms with Crippen LogP contribution in [0.3, 0.4) is 0 Å². The second-order valence-electron chi connectivity index (χ2n) is 7.66. The minimum absolute atomic E-state index is 0.526. The number of aromatic nitrogens is 3. The number of aryl methyl sites for hydroxylation is 1. The molecule has 1 aromatic rings. The maximum atomic E-state index is 4.78. The van der Waals surface area contributed by atoms with Crippen molar-refractivity contribution in [3.05, 3.63) is 11.6 Å². The van der Waals surface area contributed by atoms with Crippen LogP contribution in [0.15, 0.2) is 4.99 Å². The Hall–Kier alpha value is -1.24. The Bertz CT molecular complexity index is 560. The molecule has 1 heterocycles. The molecule has 0 spiro atoms. The van der Waals surface area contributed by atoms with Crippen molar-refractivity contribution in [3.8, 4) is 0 Å². The van der Waals surface area contributed by atoms with Crippen molar-refractivity contribution < 1.29 is 0 Å². The summed E-state index contributed by atoms with van der Waals surface area (Å²) in [6.07, 6.45) is 8.39. The van der Waals surface area contributed by atoms with Crippen LogP contribution >= 0.6 is 11.8 Å². The fraction of sp³-hybridized carbons (Fsp3) is 0.842. The van der Waals surface area contributed by atoms with E-state index in [1.54, 1.807) is 0 Å². The van der Waals surface area contributed by atoms with E-state index in [1.807, 2.05) is 30.3 Å². The molecule has 0 radical (unpaired) electrons. The number of thioether (sulfide) groups is 1. The minimum Gasteiger partial charge on any atom is -0.356 e. The van der Waals surface area contributed by atoms with Gasteiger partial charge in [0.15, 0.2) is 11.8 Å². The molecular formula is C19H36N6S. The smallest absolute Gasteiger partial charge is 0.191 e. The Morgan fingerprint density at radius 3 is 2.58 bits per heavy atom. The van der Waals surface area contributed by atoms with Gasteiger partial charge in [-0.05, 0) is 62.9 Å². The Labute approximate surface area is 163 Å². The highest BCUT2D eigenvalue weighted by atomic mass is 32.2. The van der Waals surface area contributed by atoms with Gasteiger partial charge in [0.1, 0.15) is 12.4 Å². The molecule has 2 N–H and O–H groups in total. The maximum Gasteiger partial charge on any atom is 0.191 e. The topological polar surface area (TPSA) is 67.1 Å². The third-order valence-electron chi connectivity index (χ3n) is 5.43. The van der Waals surface area contributed by atoms with Crippen molar-refractivity contribution in [2.45, 2.75) is 65.5 Å². The zero-order valence-corrected chi connectivity index (χ0v) is 17.9. The number of hydrogen-bond donors (Lipinski definition) is 2. The number of rotatable bonds is 8. The molecular weight excluding hydrogens is 344 g/mol. The van der Waals surface area contributed by atoms with Gasteiger partial charge in [0.2, 0.25) is 0 Å². The first-order valence-electron chi connectivity index (χ1n) is 9.90. The van der Waals surface area contributed by atoms with E-state index in [4.69, 9.17) is 4.99 Å². The molecule has 148 valence electrons. The molecule has 0 bridgehead atoms. The van der Waals surface area contributed by atoms with Gasteiger partial charge in [-0.15, -0.1) is 10.2 Å². The molecule has 1 saturated carbocycles. The first kappa shape index (κ1) is 21.1. The van der Waals surface area contributed by atoms with Crippen LogP contribution in [-0.2, 0) is 13.6 Å². The molecule has 1 aliphatic rings. The second kappa shape index (κ2) is 10.8. The molecule has 0 aliphatic heterocycles. The summed E-state index contributed by atoms with van der Waals surface area (Å²) < 4.78 is 2.00. The van der Waals surface area contributed by atoms with Gasteiger partial charge < -0.3 is 15.2 Å². The van der Waals surface area contributed by atoms with Gasteiger partial charge in [0.05, 0.1) is 0 Å². The van der Waals surface area contributed by atoms with Crippen LogP contribution in [-0.4, -0.2) is 45.3 Å². The Balaban J connectivity index is 1.92. The molecule has 0 atom stereocenters. The summed E-state index contributed by atoms with van der Waals surface area (Å²) in [5.41, 5.74) is 0. The number of nitrogens with zero attached hydrogens (tertiary/aromatic N) is 4. The molecule has 7 heteroatoms. The van der Waals surface area contributed by atoms with Crippen LogP contribution in [0.5, 0.6) is 0 Å². The van der Waals surface area contributed by atoms with E-state index in [0.29, 0.717) is 12.6 Å². The average Bonchev–Trinajstić information content (AvgIpc) is 2.95. The van der Waals surface area contributed by atoms with E-state index < -0.39 is 0 Å². The number of hydrogen-bond acceptors (Lipinski definition) is 4. The lowest BCUT2D eigenvalue weighted by atomic mass is 9.80. The number of aliphatic imine (C=N–C) groups is 1. The van der Waals surface area contributed by atoms with Gasteiger partial charge in [-0.25, -0.2) is 4.99 Å². The van der Waals surface area contributed by atoms with Gasteiger partial charge in [0.25, 0.3) is 0 Å². The molecule has 0 saturated heterocycles. The highest BCUT2D eigenvalue weighted by Crippen LogP contribution is 2.29. The normalized spacial score (nSPS) is 21.2. The summed E-state index contributed by atoms with van der Waals surface area (Å²) in [6.45, 7) is 8.17. The van der Waals surface area contributed by atoms with Gasteiger partial charge in [-0.2, -0.15) is 11.8 Å². The fourth-order valence-electron chi connectivity index (χ4n) is 3.44. The van der Waals surface area contributed by atoms with Gasteiger partial charge in [0, 0.05) is 19.6 Å². The van der Waals surface area contributed by atoms with Crippen molar-refractivity contribution in [3.63, 3.8) is 0 Å². The lowest BCUT2D eigenvalue weighted by Crippen LogP contribution is -2.45. The lowest BCUT2D eigenvalue weighted by molar-refractivity contribution is 0.250. The van der Waals surface area contributed by atoms with Crippen LogP contribution in [0.25, 0.3) is 0 Å². The summed E-state index contributed by atoms with van der Waals surface area (Å²) >= 11 is 1.88. The SMILES string of the molecule is CSCCCNC(=NCc1nnc(C)n1C)NC1CCC(C(C)C)CC1. The maximum absolute atomic E-state index is 4.78. The van der Waals surface area contributed by atoms with Crippen LogP contribution in [0.2, 0.25) is 0 Å². The average molecular weight is 381 g/mol. The zero-order chi connectivity index (χ0) is 18.9. The quantitative estimate of drug-likeness (QED) is 0.412. The summed E-state index contributed by atoms with van der Waals surface area (Å²) in [7, 11) is 1.99. The van der Waals surface area contributed by atoms with E-state index in [2.05, 4.69) is 40.9 Å². The summed E-state index contributed by atoms with van der Waals surface area (Å²) in [5, 5.41) is 15.5. The molecule has 2 rings (SSSR count). The third-order valence-corrected chi connectivity index (χ3v) is 6.13. The minimum atomic E-state index is 0.526. The molecule has 6 nitrogen and oxygen atoms in total. The Kier molecular flexibility index (Phi) is 8.75. The van der Waals surface area contributed by atoms with E-state index in [9.17, 15) is 0 Å². The summed E-state index contributed by atoms with van der Waals surface area (Å²) in [5.74, 6) is 5.58. The second-order valence-corrected chi connectivity index (χ2v) is 8.65. The number of guanidine groups is 1. The third kappa shape index (κ3) is 6.49. The first-order valence-corrected chi connectivity index (χ1v) is 11.3. The molecule has 1 fully saturated rings. The lowest BCUT2D eigenvalue weighted by Gasteiger charge is -2.32. The molecule has 0 amide bonds. The highest BCUT2D eigenvalue weighted by molar-refractivity contribution is 7.98. The largest absolute Gasteiger partial charge is 0.356 e. The monoisotopic (exact) mass is 380 g/mol. The van der Waals surface area contributed by atoms with Gasteiger partial charge in [-0.3, -0.25) is 0 Å². The van der Waals surface area contributed by atoms with E-state index in [1.165, 1.54) is 31.4 Å². The van der Waals surface area contributed by atoms with Crippen molar-refractivity contribution in [1.29, 1.82) is 0 Å². The van der Waals surface area contributed by atoms with Crippen molar-refractivity contribution in [2.75, 3.05) is 18.6 Å². The zero-order valence-electron chi connectivity index (χ0n) is 17.1. The van der Waals surface area contributed by atoms with Crippen LogP contribution in [0.1, 0.15) is 57.6 Å².